The van der Waals surface area contributed by atoms with Gasteiger partial charge in [0.1, 0.15) is 6.10 Å². The van der Waals surface area contributed by atoms with Crippen molar-refractivity contribution in [2.75, 3.05) is 13.1 Å². The molecule has 4 heterocycles. The standard InChI is InChI=1S/C19H18F3N7O2/c1-12-7-14(17(25-8-12)29-26-4-5-27-29)18(30)28-6-2-3-13(11-28)31-16-10-23-15(9-24-16)19(20,21)22/h4-5,7-10,13H,2-3,6,11H2,1H3. The van der Waals surface area contributed by atoms with E-state index in [2.05, 4.69) is 25.1 Å². The van der Waals surface area contributed by atoms with Crippen molar-refractivity contribution >= 4 is 5.91 Å². The molecule has 3 aromatic rings. The summed E-state index contributed by atoms with van der Waals surface area (Å²) in [6.45, 7) is 2.59. The number of amides is 1. The van der Waals surface area contributed by atoms with Crippen molar-refractivity contribution in [2.24, 2.45) is 0 Å². The Balaban J connectivity index is 1.49. The molecule has 0 spiro atoms. The minimum absolute atomic E-state index is 0.0223. The number of alkyl halides is 3. The molecule has 1 unspecified atom stereocenters. The van der Waals surface area contributed by atoms with Crippen molar-refractivity contribution < 1.29 is 22.7 Å². The Hall–Kier alpha value is -3.57. The normalized spacial score (nSPS) is 16.9. The molecule has 0 aromatic carbocycles. The van der Waals surface area contributed by atoms with Crippen LogP contribution in [0.2, 0.25) is 0 Å². The first kappa shape index (κ1) is 20.7. The molecule has 9 nitrogen and oxygen atoms in total. The number of carbonyl (C=O) groups excluding carboxylic acids is 1. The minimum Gasteiger partial charge on any atom is -0.471 e. The number of nitrogens with zero attached hydrogens (tertiary/aromatic N) is 7. The van der Waals surface area contributed by atoms with Gasteiger partial charge >= 0.3 is 6.18 Å². The summed E-state index contributed by atoms with van der Waals surface area (Å²) in [4.78, 5) is 27.5. The number of carbonyl (C=O) groups is 1. The Morgan fingerprint density at radius 3 is 2.58 bits per heavy atom. The number of ether oxygens (including phenoxy) is 1. The fourth-order valence-electron chi connectivity index (χ4n) is 3.29. The largest absolute Gasteiger partial charge is 0.471 e. The number of aryl methyl sites for hydroxylation is 1. The van der Waals surface area contributed by atoms with E-state index in [0.29, 0.717) is 37.0 Å². The van der Waals surface area contributed by atoms with Crippen LogP contribution < -0.4 is 4.74 Å². The predicted molar refractivity (Wildman–Crippen MR) is 100 cm³/mol. The SMILES string of the molecule is Cc1cnc(-n2nccn2)c(C(=O)N2CCCC(Oc3cnc(C(F)(F)F)cn3)C2)c1. The van der Waals surface area contributed by atoms with Crippen LogP contribution in [-0.2, 0) is 6.18 Å². The van der Waals surface area contributed by atoms with Crippen LogP contribution in [-0.4, -0.2) is 59.9 Å². The molecule has 1 saturated heterocycles. The maximum Gasteiger partial charge on any atom is 0.434 e. The molecule has 1 fully saturated rings. The van der Waals surface area contributed by atoms with E-state index in [1.165, 1.54) is 17.2 Å². The molecule has 162 valence electrons. The van der Waals surface area contributed by atoms with Gasteiger partial charge in [-0.05, 0) is 31.4 Å². The van der Waals surface area contributed by atoms with E-state index in [1.54, 1.807) is 17.2 Å². The van der Waals surface area contributed by atoms with E-state index in [4.69, 9.17) is 4.74 Å². The molecule has 0 radical (unpaired) electrons. The Morgan fingerprint density at radius 2 is 1.90 bits per heavy atom. The number of halogens is 3. The topological polar surface area (TPSA) is 98.9 Å². The van der Waals surface area contributed by atoms with Crippen LogP contribution >= 0.6 is 0 Å². The summed E-state index contributed by atoms with van der Waals surface area (Å²) in [5, 5.41) is 8.10. The van der Waals surface area contributed by atoms with E-state index in [-0.39, 0.29) is 18.3 Å². The summed E-state index contributed by atoms with van der Waals surface area (Å²) in [6, 6.07) is 1.72. The molecule has 12 heteroatoms. The highest BCUT2D eigenvalue weighted by molar-refractivity contribution is 5.97. The summed E-state index contributed by atoms with van der Waals surface area (Å²) >= 11 is 0. The molecule has 4 rings (SSSR count). The van der Waals surface area contributed by atoms with Gasteiger partial charge in [0, 0.05) is 12.7 Å². The number of hydrogen-bond donors (Lipinski definition) is 0. The molecule has 0 saturated carbocycles. The minimum atomic E-state index is -4.57. The van der Waals surface area contributed by atoms with Crippen molar-refractivity contribution in [1.82, 2.24) is 34.8 Å². The average molecular weight is 433 g/mol. The van der Waals surface area contributed by atoms with Gasteiger partial charge in [-0.2, -0.15) is 23.4 Å². The highest BCUT2D eigenvalue weighted by atomic mass is 19.4. The summed E-state index contributed by atoms with van der Waals surface area (Å²) in [5.41, 5.74) is 0.0715. The second kappa shape index (κ2) is 8.28. The summed E-state index contributed by atoms with van der Waals surface area (Å²) in [6.07, 6.45) is 2.48. The maximum absolute atomic E-state index is 13.2. The first-order chi connectivity index (χ1) is 14.8. The van der Waals surface area contributed by atoms with E-state index < -0.39 is 18.0 Å². The fraction of sp³-hybridized carbons (Fsp3) is 0.368. The summed E-state index contributed by atoms with van der Waals surface area (Å²) in [5.74, 6) is 0.0403. The lowest BCUT2D eigenvalue weighted by atomic mass is 10.1. The van der Waals surface area contributed by atoms with Gasteiger partial charge in [-0.3, -0.25) is 4.79 Å². The van der Waals surface area contributed by atoms with Crippen LogP contribution in [0.25, 0.3) is 5.82 Å². The number of aromatic nitrogens is 6. The molecule has 3 aromatic heterocycles. The van der Waals surface area contributed by atoms with Crippen LogP contribution in [0.4, 0.5) is 13.2 Å². The van der Waals surface area contributed by atoms with Gasteiger partial charge < -0.3 is 9.64 Å². The smallest absolute Gasteiger partial charge is 0.434 e. The molecule has 0 bridgehead atoms. The Morgan fingerprint density at radius 1 is 1.13 bits per heavy atom. The van der Waals surface area contributed by atoms with Crippen LogP contribution in [0.5, 0.6) is 5.88 Å². The van der Waals surface area contributed by atoms with E-state index in [0.717, 1.165) is 11.8 Å². The van der Waals surface area contributed by atoms with Gasteiger partial charge in [0.15, 0.2) is 11.5 Å². The molecule has 31 heavy (non-hydrogen) atoms. The Kier molecular flexibility index (Phi) is 5.53. The number of likely N-dealkylation sites (tertiary alicyclic amines) is 1. The van der Waals surface area contributed by atoms with Gasteiger partial charge in [-0.15, -0.1) is 4.80 Å². The molecule has 1 amide bonds. The second-order valence-corrected chi connectivity index (χ2v) is 7.07. The van der Waals surface area contributed by atoms with Crippen LogP contribution in [0.1, 0.15) is 34.5 Å². The molecular formula is C19H18F3N7O2. The molecule has 0 aliphatic carbocycles. The zero-order chi connectivity index (χ0) is 22.0. The molecule has 1 aliphatic rings. The highest BCUT2D eigenvalue weighted by Gasteiger charge is 2.33. The second-order valence-electron chi connectivity index (χ2n) is 7.07. The Labute approximate surface area is 174 Å². The number of rotatable bonds is 4. The highest BCUT2D eigenvalue weighted by Crippen LogP contribution is 2.27. The quantitative estimate of drug-likeness (QED) is 0.623. The van der Waals surface area contributed by atoms with Crippen LogP contribution in [0.3, 0.4) is 0 Å². The average Bonchev–Trinajstić information content (AvgIpc) is 3.28. The lowest BCUT2D eigenvalue weighted by Gasteiger charge is -2.32. The number of hydrogen-bond acceptors (Lipinski definition) is 7. The van der Waals surface area contributed by atoms with Crippen molar-refractivity contribution in [3.05, 3.63) is 53.9 Å². The fourth-order valence-corrected chi connectivity index (χ4v) is 3.29. The molecular weight excluding hydrogens is 415 g/mol. The lowest BCUT2D eigenvalue weighted by Crippen LogP contribution is -2.44. The first-order valence-electron chi connectivity index (χ1n) is 9.50. The van der Waals surface area contributed by atoms with Gasteiger partial charge in [-0.25, -0.2) is 15.0 Å². The third-order valence-corrected chi connectivity index (χ3v) is 4.71. The van der Waals surface area contributed by atoms with Crippen molar-refractivity contribution in [1.29, 1.82) is 0 Å². The Bertz CT molecular complexity index is 1060. The number of pyridine rings is 1. The number of piperidine rings is 1. The van der Waals surface area contributed by atoms with Crippen LogP contribution in [0.15, 0.2) is 37.1 Å². The zero-order valence-electron chi connectivity index (χ0n) is 16.5. The predicted octanol–water partition coefficient (Wildman–Crippen LogP) is 2.46. The summed E-state index contributed by atoms with van der Waals surface area (Å²) in [7, 11) is 0. The first-order valence-corrected chi connectivity index (χ1v) is 9.50. The lowest BCUT2D eigenvalue weighted by molar-refractivity contribution is -0.141. The molecule has 1 atom stereocenters. The van der Waals surface area contributed by atoms with Crippen molar-refractivity contribution in [2.45, 2.75) is 32.0 Å². The van der Waals surface area contributed by atoms with Crippen LogP contribution in [0, 0.1) is 6.92 Å². The van der Waals surface area contributed by atoms with E-state index in [9.17, 15) is 18.0 Å². The van der Waals surface area contributed by atoms with Crippen molar-refractivity contribution in [3.63, 3.8) is 0 Å². The van der Waals surface area contributed by atoms with E-state index >= 15 is 0 Å². The van der Waals surface area contributed by atoms with E-state index in [1.807, 2.05) is 6.92 Å². The monoisotopic (exact) mass is 433 g/mol. The summed E-state index contributed by atoms with van der Waals surface area (Å²) < 4.78 is 43.6. The zero-order valence-corrected chi connectivity index (χ0v) is 16.5. The van der Waals surface area contributed by atoms with Gasteiger partial charge in [0.2, 0.25) is 5.88 Å². The van der Waals surface area contributed by atoms with Gasteiger partial charge in [-0.1, -0.05) is 0 Å². The molecule has 0 N–H and O–H groups in total. The third kappa shape index (κ3) is 4.62. The van der Waals surface area contributed by atoms with Gasteiger partial charge in [0.25, 0.3) is 5.91 Å². The molecule has 1 aliphatic heterocycles. The van der Waals surface area contributed by atoms with Crippen molar-refractivity contribution in [3.8, 4) is 11.7 Å². The van der Waals surface area contributed by atoms with Gasteiger partial charge in [0.05, 0.1) is 36.9 Å². The maximum atomic E-state index is 13.2. The third-order valence-electron chi connectivity index (χ3n) is 4.71.